The van der Waals surface area contributed by atoms with Crippen LogP contribution in [0.4, 0.5) is 5.69 Å². The standard InChI is InChI=1S/C14H17BrN2O2S2/c1-3-16-9-13-10(2)8-14(20-13)21(18,19)17-12-6-4-11(15)5-7-12/h4-8,16-17H,3,9H2,1-2H3. The third-order valence-corrected chi connectivity index (χ3v) is 6.52. The summed E-state index contributed by atoms with van der Waals surface area (Å²) < 4.78 is 28.6. The SMILES string of the molecule is CCNCc1sc(S(=O)(=O)Nc2ccc(Br)cc2)cc1C. The Morgan fingerprint density at radius 1 is 1.24 bits per heavy atom. The van der Waals surface area contributed by atoms with Crippen LogP contribution in [0.2, 0.25) is 0 Å². The highest BCUT2D eigenvalue weighted by Gasteiger charge is 2.18. The quantitative estimate of drug-likeness (QED) is 0.792. The molecule has 4 nitrogen and oxygen atoms in total. The maximum absolute atomic E-state index is 12.4. The molecule has 114 valence electrons. The molecule has 0 unspecified atom stereocenters. The lowest BCUT2D eigenvalue weighted by Gasteiger charge is -2.06. The molecular weight excluding hydrogens is 372 g/mol. The van der Waals surface area contributed by atoms with Crippen molar-refractivity contribution in [1.82, 2.24) is 5.32 Å². The lowest BCUT2D eigenvalue weighted by molar-refractivity contribution is 0.603. The van der Waals surface area contributed by atoms with Crippen LogP contribution in [-0.2, 0) is 16.6 Å². The molecule has 2 aromatic rings. The van der Waals surface area contributed by atoms with E-state index in [4.69, 9.17) is 0 Å². The topological polar surface area (TPSA) is 58.2 Å². The summed E-state index contributed by atoms with van der Waals surface area (Å²) in [5.41, 5.74) is 1.55. The molecule has 0 fully saturated rings. The van der Waals surface area contributed by atoms with Crippen molar-refractivity contribution in [2.24, 2.45) is 0 Å². The fourth-order valence-corrected chi connectivity index (χ4v) is 4.64. The van der Waals surface area contributed by atoms with Crippen LogP contribution >= 0.6 is 27.3 Å². The fourth-order valence-electron chi connectivity index (χ4n) is 1.76. The van der Waals surface area contributed by atoms with Crippen LogP contribution in [0, 0.1) is 6.92 Å². The van der Waals surface area contributed by atoms with Crippen LogP contribution < -0.4 is 10.0 Å². The van der Waals surface area contributed by atoms with Gasteiger partial charge in [0.2, 0.25) is 0 Å². The summed E-state index contributed by atoms with van der Waals surface area (Å²) in [6.07, 6.45) is 0. The first-order chi connectivity index (χ1) is 9.92. The van der Waals surface area contributed by atoms with Crippen molar-refractivity contribution in [2.45, 2.75) is 24.6 Å². The molecule has 7 heteroatoms. The third-order valence-electron chi connectivity index (χ3n) is 2.89. The van der Waals surface area contributed by atoms with E-state index in [1.165, 1.54) is 11.3 Å². The maximum atomic E-state index is 12.4. The second-order valence-electron chi connectivity index (χ2n) is 4.56. The minimum Gasteiger partial charge on any atom is -0.312 e. The predicted octanol–water partition coefficient (Wildman–Crippen LogP) is 3.73. The average Bonchev–Trinajstić information content (AvgIpc) is 2.81. The molecular formula is C14H17BrN2O2S2. The summed E-state index contributed by atoms with van der Waals surface area (Å²) in [5, 5.41) is 3.22. The van der Waals surface area contributed by atoms with Gasteiger partial charge in [0.1, 0.15) is 4.21 Å². The number of anilines is 1. The molecule has 1 heterocycles. The summed E-state index contributed by atoms with van der Waals surface area (Å²) in [7, 11) is -3.53. The number of hydrogen-bond donors (Lipinski definition) is 2. The van der Waals surface area contributed by atoms with Crippen molar-refractivity contribution in [3.63, 3.8) is 0 Å². The molecule has 0 aliphatic carbocycles. The van der Waals surface area contributed by atoms with Gasteiger partial charge in [-0.3, -0.25) is 4.72 Å². The number of halogens is 1. The van der Waals surface area contributed by atoms with Crippen LogP contribution in [0.5, 0.6) is 0 Å². The molecule has 0 spiro atoms. The second-order valence-corrected chi connectivity index (χ2v) is 8.53. The van der Waals surface area contributed by atoms with Gasteiger partial charge < -0.3 is 5.32 Å². The molecule has 0 amide bonds. The zero-order chi connectivity index (χ0) is 15.5. The highest BCUT2D eigenvalue weighted by Crippen LogP contribution is 2.28. The van der Waals surface area contributed by atoms with E-state index in [1.54, 1.807) is 30.3 Å². The zero-order valence-electron chi connectivity index (χ0n) is 11.8. The van der Waals surface area contributed by atoms with Crippen LogP contribution in [0.3, 0.4) is 0 Å². The summed E-state index contributed by atoms with van der Waals surface area (Å²) in [4.78, 5) is 1.05. The van der Waals surface area contributed by atoms with Crippen LogP contribution in [-0.4, -0.2) is 15.0 Å². The Bertz CT molecular complexity index is 709. The Morgan fingerprint density at radius 3 is 2.52 bits per heavy atom. The molecule has 21 heavy (non-hydrogen) atoms. The van der Waals surface area contributed by atoms with Crippen molar-refractivity contribution in [1.29, 1.82) is 0 Å². The first-order valence-electron chi connectivity index (χ1n) is 6.51. The Kier molecular flexibility index (Phi) is 5.43. The van der Waals surface area contributed by atoms with Gasteiger partial charge in [0.05, 0.1) is 0 Å². The van der Waals surface area contributed by atoms with Gasteiger partial charge in [-0.05, 0) is 49.4 Å². The molecule has 0 radical (unpaired) electrons. The highest BCUT2D eigenvalue weighted by atomic mass is 79.9. The third kappa shape index (κ3) is 4.29. The van der Waals surface area contributed by atoms with E-state index >= 15 is 0 Å². The lowest BCUT2D eigenvalue weighted by Crippen LogP contribution is -2.11. The average molecular weight is 389 g/mol. The molecule has 0 bridgehead atoms. The molecule has 0 saturated heterocycles. The molecule has 0 aliphatic heterocycles. The predicted molar refractivity (Wildman–Crippen MR) is 91.4 cm³/mol. The van der Waals surface area contributed by atoms with Crippen molar-refractivity contribution in [3.8, 4) is 0 Å². The first-order valence-corrected chi connectivity index (χ1v) is 9.60. The molecule has 1 aromatic carbocycles. The molecule has 0 saturated carbocycles. The number of thiophene rings is 1. The zero-order valence-corrected chi connectivity index (χ0v) is 15.0. The Balaban J connectivity index is 2.21. The van der Waals surface area contributed by atoms with Crippen molar-refractivity contribution < 1.29 is 8.42 Å². The highest BCUT2D eigenvalue weighted by molar-refractivity contribution is 9.10. The van der Waals surface area contributed by atoms with Gasteiger partial charge in [0, 0.05) is 21.6 Å². The Hall–Kier alpha value is -0.890. The normalized spacial score (nSPS) is 11.6. The van der Waals surface area contributed by atoms with Crippen LogP contribution in [0.15, 0.2) is 39.0 Å². The Labute approximate surface area is 137 Å². The van der Waals surface area contributed by atoms with E-state index in [0.29, 0.717) is 16.4 Å². The Morgan fingerprint density at radius 2 is 1.90 bits per heavy atom. The summed E-state index contributed by atoms with van der Waals surface area (Å²) in [6, 6.07) is 8.77. The van der Waals surface area contributed by atoms with Gasteiger partial charge >= 0.3 is 0 Å². The lowest BCUT2D eigenvalue weighted by atomic mass is 10.3. The van der Waals surface area contributed by atoms with Gasteiger partial charge in [0.25, 0.3) is 10.0 Å². The number of benzene rings is 1. The van der Waals surface area contributed by atoms with E-state index in [-0.39, 0.29) is 0 Å². The van der Waals surface area contributed by atoms with Crippen molar-refractivity contribution in [2.75, 3.05) is 11.3 Å². The van der Waals surface area contributed by atoms with Crippen molar-refractivity contribution >= 4 is 43.0 Å². The molecule has 2 rings (SSSR count). The van der Waals surface area contributed by atoms with Crippen LogP contribution in [0.25, 0.3) is 0 Å². The van der Waals surface area contributed by atoms with Crippen molar-refractivity contribution in [3.05, 3.63) is 45.2 Å². The molecule has 0 aliphatic rings. The van der Waals surface area contributed by atoms with Gasteiger partial charge in [-0.15, -0.1) is 11.3 Å². The summed E-state index contributed by atoms with van der Waals surface area (Å²) in [6.45, 7) is 5.51. The molecule has 2 N–H and O–H groups in total. The van der Waals surface area contributed by atoms with Gasteiger partial charge in [-0.2, -0.15) is 0 Å². The molecule has 0 atom stereocenters. The van der Waals surface area contributed by atoms with Gasteiger partial charge in [0.15, 0.2) is 0 Å². The van der Waals surface area contributed by atoms with E-state index < -0.39 is 10.0 Å². The minimum absolute atomic E-state index is 0.343. The van der Waals surface area contributed by atoms with Gasteiger partial charge in [-0.1, -0.05) is 22.9 Å². The van der Waals surface area contributed by atoms with E-state index in [9.17, 15) is 8.42 Å². The first kappa shape index (κ1) is 16.5. The molecule has 1 aromatic heterocycles. The van der Waals surface area contributed by atoms with Crippen LogP contribution in [0.1, 0.15) is 17.4 Å². The number of aryl methyl sites for hydroxylation is 1. The number of nitrogens with one attached hydrogen (secondary N) is 2. The maximum Gasteiger partial charge on any atom is 0.271 e. The van der Waals surface area contributed by atoms with Gasteiger partial charge in [-0.25, -0.2) is 8.42 Å². The van der Waals surface area contributed by atoms with E-state index in [1.807, 2.05) is 13.8 Å². The summed E-state index contributed by atoms with van der Waals surface area (Å²) in [5.74, 6) is 0. The number of rotatable bonds is 6. The monoisotopic (exact) mass is 388 g/mol. The second kappa shape index (κ2) is 6.91. The smallest absolute Gasteiger partial charge is 0.271 e. The number of sulfonamides is 1. The largest absolute Gasteiger partial charge is 0.312 e. The van der Waals surface area contributed by atoms with E-state index in [0.717, 1.165) is 21.5 Å². The fraction of sp³-hybridized carbons (Fsp3) is 0.286. The minimum atomic E-state index is -3.53. The number of hydrogen-bond acceptors (Lipinski definition) is 4. The summed E-state index contributed by atoms with van der Waals surface area (Å²) >= 11 is 4.63. The van der Waals surface area contributed by atoms with E-state index in [2.05, 4.69) is 26.0 Å².